The van der Waals surface area contributed by atoms with Crippen molar-refractivity contribution in [2.45, 2.75) is 33.4 Å². The van der Waals surface area contributed by atoms with E-state index >= 15 is 0 Å². The molecule has 1 unspecified atom stereocenters. The Kier molecular flexibility index (Phi) is 4.18. The monoisotopic (exact) mass is 236 g/mol. The number of aryl methyl sites for hydroxylation is 1. The van der Waals surface area contributed by atoms with Gasteiger partial charge in [-0.15, -0.1) is 0 Å². The van der Waals surface area contributed by atoms with Gasteiger partial charge in [0, 0.05) is 51.2 Å². The van der Waals surface area contributed by atoms with Crippen LogP contribution in [0.5, 0.6) is 0 Å². The van der Waals surface area contributed by atoms with Crippen molar-refractivity contribution in [3.63, 3.8) is 0 Å². The van der Waals surface area contributed by atoms with Crippen LogP contribution in [0.15, 0.2) is 12.4 Å². The molecule has 96 valence electrons. The van der Waals surface area contributed by atoms with Crippen LogP contribution >= 0.6 is 0 Å². The first-order valence-corrected chi connectivity index (χ1v) is 6.61. The van der Waals surface area contributed by atoms with Crippen molar-refractivity contribution in [1.29, 1.82) is 0 Å². The van der Waals surface area contributed by atoms with Gasteiger partial charge in [-0.1, -0.05) is 13.8 Å². The first-order chi connectivity index (χ1) is 8.18. The summed E-state index contributed by atoms with van der Waals surface area (Å²) in [4.78, 5) is 6.88. The van der Waals surface area contributed by atoms with E-state index < -0.39 is 0 Å². The molecular weight excluding hydrogens is 212 g/mol. The average Bonchev–Trinajstić information content (AvgIpc) is 2.72. The predicted molar refractivity (Wildman–Crippen MR) is 70.0 cm³/mol. The fourth-order valence-corrected chi connectivity index (χ4v) is 2.58. The lowest BCUT2D eigenvalue weighted by atomic mass is 10.0. The van der Waals surface area contributed by atoms with E-state index in [9.17, 15) is 0 Å². The Hall–Kier alpha value is -0.870. The molecule has 0 aromatic carbocycles. The topological polar surface area (TPSA) is 33.1 Å². The van der Waals surface area contributed by atoms with Crippen molar-refractivity contribution < 1.29 is 0 Å². The van der Waals surface area contributed by atoms with Crippen molar-refractivity contribution in [2.24, 2.45) is 5.92 Å². The van der Waals surface area contributed by atoms with Crippen molar-refractivity contribution >= 4 is 0 Å². The zero-order valence-electron chi connectivity index (χ0n) is 11.2. The average molecular weight is 236 g/mol. The molecule has 1 atom stereocenters. The van der Waals surface area contributed by atoms with Gasteiger partial charge in [-0.05, 0) is 12.8 Å². The summed E-state index contributed by atoms with van der Waals surface area (Å²) in [6, 6.07) is 0.674. The molecule has 2 rings (SSSR count). The Morgan fingerprint density at radius 1 is 1.47 bits per heavy atom. The van der Waals surface area contributed by atoms with Crippen LogP contribution in [0.2, 0.25) is 0 Å². The van der Waals surface area contributed by atoms with Crippen LogP contribution in [-0.2, 0) is 6.54 Å². The summed E-state index contributed by atoms with van der Waals surface area (Å²) >= 11 is 0. The highest BCUT2D eigenvalue weighted by atomic mass is 15.2. The van der Waals surface area contributed by atoms with Crippen molar-refractivity contribution in [3.05, 3.63) is 18.2 Å². The van der Waals surface area contributed by atoms with Gasteiger partial charge in [0.05, 0.1) is 0 Å². The SMILES string of the molecule is Cc1nccn1CCN1CCNCC1C(C)C. The molecule has 1 fully saturated rings. The Bertz CT molecular complexity index is 345. The number of rotatable bonds is 4. The molecule has 0 bridgehead atoms. The van der Waals surface area contributed by atoms with Gasteiger partial charge < -0.3 is 9.88 Å². The third kappa shape index (κ3) is 3.07. The van der Waals surface area contributed by atoms with Crippen LogP contribution in [0, 0.1) is 12.8 Å². The quantitative estimate of drug-likeness (QED) is 0.850. The highest BCUT2D eigenvalue weighted by Gasteiger charge is 2.24. The molecule has 17 heavy (non-hydrogen) atoms. The van der Waals surface area contributed by atoms with Crippen molar-refractivity contribution in [1.82, 2.24) is 19.8 Å². The normalized spacial score (nSPS) is 22.2. The Labute approximate surface area is 104 Å². The minimum Gasteiger partial charge on any atom is -0.334 e. The second-order valence-electron chi connectivity index (χ2n) is 5.22. The molecule has 4 nitrogen and oxygen atoms in total. The van der Waals surface area contributed by atoms with Crippen LogP contribution in [0.25, 0.3) is 0 Å². The van der Waals surface area contributed by atoms with E-state index in [1.165, 1.54) is 0 Å². The summed E-state index contributed by atoms with van der Waals surface area (Å²) in [6.07, 6.45) is 3.95. The van der Waals surface area contributed by atoms with E-state index in [0.29, 0.717) is 12.0 Å². The maximum absolute atomic E-state index is 4.27. The molecule has 1 aromatic rings. The number of nitrogens with one attached hydrogen (secondary N) is 1. The summed E-state index contributed by atoms with van der Waals surface area (Å²) in [7, 11) is 0. The summed E-state index contributed by atoms with van der Waals surface area (Å²) < 4.78 is 2.24. The number of hydrogen-bond acceptors (Lipinski definition) is 3. The molecule has 4 heteroatoms. The Morgan fingerprint density at radius 2 is 2.29 bits per heavy atom. The fraction of sp³-hybridized carbons (Fsp3) is 0.769. The summed E-state index contributed by atoms with van der Waals surface area (Å²) in [6.45, 7) is 12.3. The van der Waals surface area contributed by atoms with Gasteiger partial charge in [0.1, 0.15) is 5.82 Å². The van der Waals surface area contributed by atoms with Crippen LogP contribution in [0.4, 0.5) is 0 Å². The zero-order chi connectivity index (χ0) is 12.3. The molecule has 0 radical (unpaired) electrons. The molecule has 1 saturated heterocycles. The van der Waals surface area contributed by atoms with E-state index in [-0.39, 0.29) is 0 Å². The summed E-state index contributed by atoms with van der Waals surface area (Å²) in [5.74, 6) is 1.83. The van der Waals surface area contributed by atoms with Gasteiger partial charge in [0.2, 0.25) is 0 Å². The predicted octanol–water partition coefficient (Wildman–Crippen LogP) is 1.12. The number of hydrogen-bond donors (Lipinski definition) is 1. The van der Waals surface area contributed by atoms with E-state index in [1.54, 1.807) is 0 Å². The first-order valence-electron chi connectivity index (χ1n) is 6.61. The van der Waals surface area contributed by atoms with Gasteiger partial charge in [0.15, 0.2) is 0 Å². The highest BCUT2D eigenvalue weighted by Crippen LogP contribution is 2.12. The molecule has 0 aliphatic carbocycles. The lowest BCUT2D eigenvalue weighted by Gasteiger charge is -2.38. The van der Waals surface area contributed by atoms with E-state index in [2.05, 4.69) is 46.7 Å². The zero-order valence-corrected chi connectivity index (χ0v) is 11.2. The third-order valence-corrected chi connectivity index (χ3v) is 3.72. The van der Waals surface area contributed by atoms with Gasteiger partial charge >= 0.3 is 0 Å². The molecular formula is C13H24N4. The van der Waals surface area contributed by atoms with Gasteiger partial charge in [0.25, 0.3) is 0 Å². The summed E-state index contributed by atoms with van der Waals surface area (Å²) in [5.41, 5.74) is 0. The Morgan fingerprint density at radius 3 is 2.94 bits per heavy atom. The molecule has 1 aliphatic rings. The molecule has 0 saturated carbocycles. The minimum absolute atomic E-state index is 0.674. The maximum Gasteiger partial charge on any atom is 0.105 e. The second-order valence-corrected chi connectivity index (χ2v) is 5.22. The molecule has 0 spiro atoms. The highest BCUT2D eigenvalue weighted by molar-refractivity contribution is 4.89. The van der Waals surface area contributed by atoms with Crippen LogP contribution < -0.4 is 5.32 Å². The standard InChI is InChI=1S/C13H24N4/c1-11(2)13-10-14-4-6-17(13)9-8-16-7-5-15-12(16)3/h5,7,11,13-14H,4,6,8-10H2,1-3H3. The van der Waals surface area contributed by atoms with E-state index in [1.807, 2.05) is 6.20 Å². The van der Waals surface area contributed by atoms with E-state index in [0.717, 1.165) is 38.5 Å². The van der Waals surface area contributed by atoms with Crippen LogP contribution in [0.1, 0.15) is 19.7 Å². The van der Waals surface area contributed by atoms with E-state index in [4.69, 9.17) is 0 Å². The third-order valence-electron chi connectivity index (χ3n) is 3.72. The van der Waals surface area contributed by atoms with Crippen LogP contribution in [-0.4, -0.2) is 46.7 Å². The number of nitrogens with zero attached hydrogens (tertiary/aromatic N) is 3. The van der Waals surface area contributed by atoms with Gasteiger partial charge in [-0.2, -0.15) is 0 Å². The smallest absolute Gasteiger partial charge is 0.105 e. The van der Waals surface area contributed by atoms with Gasteiger partial charge in [-0.3, -0.25) is 4.90 Å². The molecule has 2 heterocycles. The first kappa shape index (κ1) is 12.6. The Balaban J connectivity index is 1.90. The minimum atomic E-state index is 0.674. The molecule has 1 aliphatic heterocycles. The number of aromatic nitrogens is 2. The lowest BCUT2D eigenvalue weighted by Crippen LogP contribution is -2.54. The van der Waals surface area contributed by atoms with Crippen LogP contribution in [0.3, 0.4) is 0 Å². The summed E-state index contributed by atoms with van der Waals surface area (Å²) in [5, 5.41) is 3.49. The second kappa shape index (κ2) is 5.65. The van der Waals surface area contributed by atoms with Gasteiger partial charge in [-0.25, -0.2) is 4.98 Å². The maximum atomic E-state index is 4.27. The van der Waals surface area contributed by atoms with Crippen molar-refractivity contribution in [3.8, 4) is 0 Å². The number of imidazole rings is 1. The lowest BCUT2D eigenvalue weighted by molar-refractivity contribution is 0.120. The largest absolute Gasteiger partial charge is 0.334 e. The molecule has 1 aromatic heterocycles. The molecule has 1 N–H and O–H groups in total. The fourth-order valence-electron chi connectivity index (χ4n) is 2.58. The molecule has 0 amide bonds. The number of piperazine rings is 1. The van der Waals surface area contributed by atoms with Crippen molar-refractivity contribution in [2.75, 3.05) is 26.2 Å².